The van der Waals surface area contributed by atoms with Gasteiger partial charge in [0.05, 0.1) is 17.0 Å². The number of aromatic amines is 1. The molecule has 1 amide bonds. The van der Waals surface area contributed by atoms with Crippen molar-refractivity contribution < 1.29 is 14.7 Å². The molecule has 1 aromatic heterocycles. The minimum absolute atomic E-state index is 0.101. The summed E-state index contributed by atoms with van der Waals surface area (Å²) in [6.07, 6.45) is 3.04. The Morgan fingerprint density at radius 1 is 1.48 bits per heavy atom. The second-order valence-electron chi connectivity index (χ2n) is 4.38. The minimum Gasteiger partial charge on any atom is -0.480 e. The summed E-state index contributed by atoms with van der Waals surface area (Å²) in [5, 5.41) is 11.9. The molecular formula is C13H13ClN4O3. The number of nitrogens with two attached hydrogens (primary N) is 1. The van der Waals surface area contributed by atoms with Crippen molar-refractivity contribution in [2.45, 2.75) is 12.5 Å². The van der Waals surface area contributed by atoms with Gasteiger partial charge in [0.2, 0.25) is 0 Å². The van der Waals surface area contributed by atoms with Gasteiger partial charge in [-0.2, -0.15) is 0 Å². The minimum atomic E-state index is -1.14. The topological polar surface area (TPSA) is 121 Å². The lowest BCUT2D eigenvalue weighted by atomic mass is 10.1. The van der Waals surface area contributed by atoms with E-state index in [2.05, 4.69) is 15.3 Å². The standard InChI is InChI=1S/C13H13ClN4O3/c14-9-2-1-7(3-10(9)15)12(19)18-11(13(20)21)4-8-5-16-6-17-8/h1-3,5-6,11H,4,15H2,(H,16,17)(H,18,19)(H,20,21)/t11-/m1/s1. The van der Waals surface area contributed by atoms with E-state index in [1.165, 1.54) is 30.7 Å². The number of carboxylic acids is 1. The Kier molecular flexibility index (Phi) is 4.44. The van der Waals surface area contributed by atoms with E-state index in [0.29, 0.717) is 10.7 Å². The molecule has 0 radical (unpaired) electrons. The number of benzene rings is 1. The number of halogens is 1. The van der Waals surface area contributed by atoms with Crippen LogP contribution in [0.1, 0.15) is 16.1 Å². The normalized spacial score (nSPS) is 11.9. The van der Waals surface area contributed by atoms with Crippen LogP contribution >= 0.6 is 11.6 Å². The van der Waals surface area contributed by atoms with Gasteiger partial charge in [0.15, 0.2) is 0 Å². The maximum Gasteiger partial charge on any atom is 0.326 e. The highest BCUT2D eigenvalue weighted by Gasteiger charge is 2.22. The Bertz CT molecular complexity index is 657. The molecule has 0 aliphatic heterocycles. The zero-order chi connectivity index (χ0) is 15.4. The van der Waals surface area contributed by atoms with Gasteiger partial charge >= 0.3 is 5.97 Å². The molecule has 0 unspecified atom stereocenters. The van der Waals surface area contributed by atoms with Crippen molar-refractivity contribution >= 4 is 29.2 Å². The second-order valence-corrected chi connectivity index (χ2v) is 4.79. The predicted molar refractivity (Wildman–Crippen MR) is 77.0 cm³/mol. The first-order valence-electron chi connectivity index (χ1n) is 6.03. The fraction of sp³-hybridized carbons (Fsp3) is 0.154. The van der Waals surface area contributed by atoms with Crippen molar-refractivity contribution in [1.82, 2.24) is 15.3 Å². The van der Waals surface area contributed by atoms with Crippen LogP contribution < -0.4 is 11.1 Å². The van der Waals surface area contributed by atoms with Crippen LogP contribution in [-0.2, 0) is 11.2 Å². The van der Waals surface area contributed by atoms with Gasteiger partial charge in [-0.3, -0.25) is 4.79 Å². The highest BCUT2D eigenvalue weighted by atomic mass is 35.5. The maximum absolute atomic E-state index is 12.1. The lowest BCUT2D eigenvalue weighted by molar-refractivity contribution is -0.139. The monoisotopic (exact) mass is 308 g/mol. The largest absolute Gasteiger partial charge is 0.480 e. The molecule has 8 heteroatoms. The van der Waals surface area contributed by atoms with Gasteiger partial charge < -0.3 is 21.1 Å². The lowest BCUT2D eigenvalue weighted by Gasteiger charge is -2.14. The van der Waals surface area contributed by atoms with Crippen molar-refractivity contribution in [1.29, 1.82) is 0 Å². The van der Waals surface area contributed by atoms with Crippen molar-refractivity contribution in [2.24, 2.45) is 0 Å². The summed E-state index contributed by atoms with van der Waals surface area (Å²) in [6, 6.07) is 3.28. The number of nitrogens with one attached hydrogen (secondary N) is 2. The fourth-order valence-electron chi connectivity index (χ4n) is 1.74. The molecule has 0 spiro atoms. The van der Waals surface area contributed by atoms with Gasteiger partial charge in [0.1, 0.15) is 6.04 Å². The number of carbonyl (C=O) groups excluding carboxylic acids is 1. The molecule has 0 saturated heterocycles. The van der Waals surface area contributed by atoms with Crippen LogP contribution in [0.2, 0.25) is 5.02 Å². The molecule has 5 N–H and O–H groups in total. The van der Waals surface area contributed by atoms with Crippen LogP contribution in [0.4, 0.5) is 5.69 Å². The van der Waals surface area contributed by atoms with Crippen LogP contribution in [-0.4, -0.2) is 33.0 Å². The number of H-pyrrole nitrogens is 1. The molecule has 0 aliphatic carbocycles. The summed E-state index contributed by atoms with van der Waals surface area (Å²) in [5.74, 6) is -1.68. The van der Waals surface area contributed by atoms with Gasteiger partial charge in [-0.15, -0.1) is 0 Å². The third-order valence-electron chi connectivity index (χ3n) is 2.84. The first-order valence-corrected chi connectivity index (χ1v) is 6.41. The quantitative estimate of drug-likeness (QED) is 0.616. The average Bonchev–Trinajstić information content (AvgIpc) is 2.93. The zero-order valence-corrected chi connectivity index (χ0v) is 11.6. The number of hydrogen-bond donors (Lipinski definition) is 4. The number of nitrogens with zero attached hydrogens (tertiary/aromatic N) is 1. The Hall–Kier alpha value is -2.54. The highest BCUT2D eigenvalue weighted by molar-refractivity contribution is 6.33. The van der Waals surface area contributed by atoms with E-state index in [4.69, 9.17) is 17.3 Å². The summed E-state index contributed by atoms with van der Waals surface area (Å²) >= 11 is 5.77. The van der Waals surface area contributed by atoms with E-state index in [0.717, 1.165) is 0 Å². The number of hydrogen-bond acceptors (Lipinski definition) is 4. The number of carbonyl (C=O) groups is 2. The Morgan fingerprint density at radius 3 is 2.81 bits per heavy atom. The Morgan fingerprint density at radius 2 is 2.24 bits per heavy atom. The number of aromatic nitrogens is 2. The molecule has 1 aromatic carbocycles. The van der Waals surface area contributed by atoms with E-state index < -0.39 is 17.9 Å². The molecule has 0 fully saturated rings. The molecule has 0 aliphatic rings. The van der Waals surface area contributed by atoms with Crippen LogP contribution in [0, 0.1) is 0 Å². The van der Waals surface area contributed by atoms with Gasteiger partial charge in [-0.1, -0.05) is 11.6 Å². The Labute approximate surface area is 125 Å². The first kappa shape index (κ1) is 14.9. The van der Waals surface area contributed by atoms with Crippen molar-refractivity contribution in [3.05, 3.63) is 47.0 Å². The summed E-state index contributed by atoms with van der Waals surface area (Å²) in [4.78, 5) is 29.9. The van der Waals surface area contributed by atoms with E-state index >= 15 is 0 Å². The highest BCUT2D eigenvalue weighted by Crippen LogP contribution is 2.19. The van der Waals surface area contributed by atoms with E-state index in [9.17, 15) is 14.7 Å². The predicted octanol–water partition coefficient (Wildman–Crippen LogP) is 1.07. The molecule has 0 saturated carbocycles. The fourth-order valence-corrected chi connectivity index (χ4v) is 1.86. The third-order valence-corrected chi connectivity index (χ3v) is 3.18. The SMILES string of the molecule is Nc1cc(C(=O)N[C@H](Cc2cnc[nH]2)C(=O)O)ccc1Cl. The summed E-state index contributed by atoms with van der Waals surface area (Å²) in [7, 11) is 0. The van der Waals surface area contributed by atoms with Gasteiger partial charge in [0, 0.05) is 23.9 Å². The van der Waals surface area contributed by atoms with E-state index in [1.807, 2.05) is 0 Å². The number of imidazole rings is 1. The Balaban J connectivity index is 2.10. The average molecular weight is 309 g/mol. The molecule has 2 aromatic rings. The van der Waals surface area contributed by atoms with E-state index in [1.54, 1.807) is 0 Å². The number of amides is 1. The number of carboxylic acid groups (broad SMARTS) is 1. The molecule has 2 rings (SSSR count). The van der Waals surface area contributed by atoms with E-state index in [-0.39, 0.29) is 17.7 Å². The third kappa shape index (κ3) is 3.73. The summed E-state index contributed by atoms with van der Waals surface area (Å²) in [5.41, 5.74) is 6.72. The molecule has 0 bridgehead atoms. The number of rotatable bonds is 5. The smallest absolute Gasteiger partial charge is 0.326 e. The number of aliphatic carboxylic acids is 1. The molecule has 7 nitrogen and oxygen atoms in total. The molecule has 21 heavy (non-hydrogen) atoms. The number of nitrogen functional groups attached to an aromatic ring is 1. The molecular weight excluding hydrogens is 296 g/mol. The van der Waals surface area contributed by atoms with Crippen LogP contribution in [0.25, 0.3) is 0 Å². The van der Waals surface area contributed by atoms with Crippen LogP contribution in [0.5, 0.6) is 0 Å². The van der Waals surface area contributed by atoms with Gasteiger partial charge in [-0.25, -0.2) is 9.78 Å². The summed E-state index contributed by atoms with van der Waals surface area (Å²) < 4.78 is 0. The van der Waals surface area contributed by atoms with Crippen LogP contribution in [0.3, 0.4) is 0 Å². The summed E-state index contributed by atoms with van der Waals surface area (Å²) in [6.45, 7) is 0. The van der Waals surface area contributed by atoms with Crippen LogP contribution in [0.15, 0.2) is 30.7 Å². The number of anilines is 1. The van der Waals surface area contributed by atoms with Gasteiger partial charge in [0.25, 0.3) is 5.91 Å². The van der Waals surface area contributed by atoms with Crippen molar-refractivity contribution in [2.75, 3.05) is 5.73 Å². The van der Waals surface area contributed by atoms with Gasteiger partial charge in [-0.05, 0) is 18.2 Å². The first-order chi connectivity index (χ1) is 9.97. The maximum atomic E-state index is 12.1. The van der Waals surface area contributed by atoms with Crippen molar-refractivity contribution in [3.8, 4) is 0 Å². The molecule has 1 heterocycles. The second kappa shape index (κ2) is 6.27. The van der Waals surface area contributed by atoms with Crippen molar-refractivity contribution in [3.63, 3.8) is 0 Å². The lowest BCUT2D eigenvalue weighted by Crippen LogP contribution is -2.42. The molecule has 1 atom stereocenters. The molecule has 110 valence electrons. The zero-order valence-electron chi connectivity index (χ0n) is 10.8.